The topological polar surface area (TPSA) is 32.3 Å². The van der Waals surface area contributed by atoms with E-state index >= 15 is 0 Å². The molecule has 0 saturated heterocycles. The molecule has 96 valence electrons. The molecule has 0 amide bonds. The molecule has 0 aliphatic carbocycles. The van der Waals surface area contributed by atoms with E-state index in [4.69, 9.17) is 0 Å². The fraction of sp³-hybridized carbons (Fsp3) is 0.231. The molecule has 2 N–H and O–H groups in total. The van der Waals surface area contributed by atoms with Gasteiger partial charge in [0.15, 0.2) is 11.6 Å². The van der Waals surface area contributed by atoms with Crippen molar-refractivity contribution in [2.24, 2.45) is 0 Å². The highest BCUT2D eigenvalue weighted by molar-refractivity contribution is 7.07. The number of hydrogen-bond donors (Lipinski definition) is 2. The number of aliphatic hydroxyl groups is 1. The van der Waals surface area contributed by atoms with Crippen LogP contribution in [0.15, 0.2) is 35.0 Å². The largest absolute Gasteiger partial charge is 0.387 e. The van der Waals surface area contributed by atoms with Crippen LogP contribution in [0.1, 0.15) is 17.2 Å². The van der Waals surface area contributed by atoms with Gasteiger partial charge in [-0.1, -0.05) is 6.07 Å². The number of hydrogen-bond acceptors (Lipinski definition) is 3. The summed E-state index contributed by atoms with van der Waals surface area (Å²) in [6.45, 7) is 0.758. The zero-order valence-corrected chi connectivity index (χ0v) is 10.4. The summed E-state index contributed by atoms with van der Waals surface area (Å²) in [6.07, 6.45) is -0.582. The van der Waals surface area contributed by atoms with E-state index in [1.807, 2.05) is 16.8 Å². The van der Waals surface area contributed by atoms with E-state index in [2.05, 4.69) is 5.32 Å². The van der Waals surface area contributed by atoms with Crippen LogP contribution in [0.2, 0.25) is 0 Å². The van der Waals surface area contributed by atoms with E-state index in [9.17, 15) is 13.9 Å². The maximum Gasteiger partial charge on any atom is 0.159 e. The summed E-state index contributed by atoms with van der Waals surface area (Å²) in [5.74, 6) is -1.70. The van der Waals surface area contributed by atoms with E-state index < -0.39 is 17.7 Å². The molecule has 2 rings (SSSR count). The van der Waals surface area contributed by atoms with Crippen LogP contribution >= 0.6 is 11.3 Å². The summed E-state index contributed by atoms with van der Waals surface area (Å²) in [5, 5.41) is 16.6. The highest BCUT2D eigenvalue weighted by Crippen LogP contribution is 2.15. The Labute approximate surface area is 108 Å². The minimum absolute atomic E-state index is 0.371. The van der Waals surface area contributed by atoms with Crippen molar-refractivity contribution >= 4 is 11.3 Å². The van der Waals surface area contributed by atoms with Crippen molar-refractivity contribution in [3.8, 4) is 0 Å². The van der Waals surface area contributed by atoms with Gasteiger partial charge in [0.1, 0.15) is 0 Å². The van der Waals surface area contributed by atoms with E-state index in [0.717, 1.165) is 17.7 Å². The van der Waals surface area contributed by atoms with Gasteiger partial charge in [0.05, 0.1) is 6.10 Å². The molecule has 1 heterocycles. The first kappa shape index (κ1) is 13.1. The number of rotatable bonds is 5. The number of aliphatic hydroxyl groups excluding tert-OH is 1. The summed E-state index contributed by atoms with van der Waals surface area (Å²) in [5.41, 5.74) is 1.50. The van der Waals surface area contributed by atoms with Crippen molar-refractivity contribution in [2.45, 2.75) is 12.6 Å². The normalized spacial score (nSPS) is 12.6. The molecule has 0 spiro atoms. The van der Waals surface area contributed by atoms with E-state index in [1.165, 1.54) is 17.4 Å². The predicted octanol–water partition coefficient (Wildman–Crippen LogP) is 2.85. The molecule has 0 fully saturated rings. The second-order valence-electron chi connectivity index (χ2n) is 3.95. The van der Waals surface area contributed by atoms with Gasteiger partial charge in [0, 0.05) is 13.1 Å². The van der Waals surface area contributed by atoms with Crippen molar-refractivity contribution in [1.82, 2.24) is 5.32 Å². The Morgan fingerprint density at radius 3 is 2.72 bits per heavy atom. The first-order valence-electron chi connectivity index (χ1n) is 5.51. The van der Waals surface area contributed by atoms with Crippen molar-refractivity contribution in [3.63, 3.8) is 0 Å². The second-order valence-corrected chi connectivity index (χ2v) is 4.73. The Morgan fingerprint density at radius 2 is 2.06 bits per heavy atom. The first-order chi connectivity index (χ1) is 8.66. The maximum absolute atomic E-state index is 12.9. The van der Waals surface area contributed by atoms with Crippen molar-refractivity contribution in [3.05, 3.63) is 57.8 Å². The molecule has 0 saturated carbocycles. The highest BCUT2D eigenvalue weighted by atomic mass is 32.1. The van der Waals surface area contributed by atoms with Crippen LogP contribution < -0.4 is 5.32 Å². The zero-order valence-electron chi connectivity index (χ0n) is 9.57. The van der Waals surface area contributed by atoms with Crippen LogP contribution in [-0.2, 0) is 6.54 Å². The third-order valence-corrected chi connectivity index (χ3v) is 3.28. The molecule has 2 aromatic rings. The van der Waals surface area contributed by atoms with Gasteiger partial charge < -0.3 is 10.4 Å². The lowest BCUT2D eigenvalue weighted by atomic mass is 10.2. The SMILES string of the molecule is OC(CNCc1ccc(F)c(F)c1)c1ccsc1. The molecule has 0 radical (unpaired) electrons. The molecule has 1 aromatic carbocycles. The van der Waals surface area contributed by atoms with Gasteiger partial charge in [-0.05, 0) is 40.1 Å². The zero-order chi connectivity index (χ0) is 13.0. The molecule has 0 bridgehead atoms. The van der Waals surface area contributed by atoms with Crippen LogP contribution in [-0.4, -0.2) is 11.7 Å². The van der Waals surface area contributed by atoms with Crippen molar-refractivity contribution < 1.29 is 13.9 Å². The molecular formula is C13H13F2NOS. The Bertz CT molecular complexity index is 502. The lowest BCUT2D eigenvalue weighted by Gasteiger charge is -2.10. The van der Waals surface area contributed by atoms with Crippen LogP contribution in [0, 0.1) is 11.6 Å². The summed E-state index contributed by atoms with van der Waals surface area (Å²) < 4.78 is 25.6. The molecule has 2 nitrogen and oxygen atoms in total. The van der Waals surface area contributed by atoms with Gasteiger partial charge in [0.2, 0.25) is 0 Å². The monoisotopic (exact) mass is 269 g/mol. The number of halogens is 2. The summed E-state index contributed by atoms with van der Waals surface area (Å²) >= 11 is 1.52. The van der Waals surface area contributed by atoms with Gasteiger partial charge in [-0.2, -0.15) is 11.3 Å². The maximum atomic E-state index is 12.9. The molecule has 5 heteroatoms. The second kappa shape index (κ2) is 6.04. The lowest BCUT2D eigenvalue weighted by molar-refractivity contribution is 0.175. The van der Waals surface area contributed by atoms with Crippen LogP contribution in [0.25, 0.3) is 0 Å². The third-order valence-electron chi connectivity index (χ3n) is 2.58. The average molecular weight is 269 g/mol. The molecule has 18 heavy (non-hydrogen) atoms. The minimum Gasteiger partial charge on any atom is -0.387 e. The average Bonchev–Trinajstić information content (AvgIpc) is 2.87. The van der Waals surface area contributed by atoms with E-state index in [1.54, 1.807) is 0 Å². The number of nitrogens with one attached hydrogen (secondary N) is 1. The number of thiophene rings is 1. The Kier molecular flexibility index (Phi) is 4.41. The Balaban J connectivity index is 1.83. The van der Waals surface area contributed by atoms with Gasteiger partial charge >= 0.3 is 0 Å². The minimum atomic E-state index is -0.854. The summed E-state index contributed by atoms with van der Waals surface area (Å²) in [7, 11) is 0. The summed E-state index contributed by atoms with van der Waals surface area (Å²) in [4.78, 5) is 0. The predicted molar refractivity (Wildman–Crippen MR) is 67.3 cm³/mol. The van der Waals surface area contributed by atoms with Gasteiger partial charge in [-0.3, -0.25) is 0 Å². The third kappa shape index (κ3) is 3.35. The number of benzene rings is 1. The Hall–Kier alpha value is -1.30. The molecule has 1 aromatic heterocycles. The molecule has 1 unspecified atom stereocenters. The van der Waals surface area contributed by atoms with Gasteiger partial charge in [0.25, 0.3) is 0 Å². The van der Waals surface area contributed by atoms with E-state index in [0.29, 0.717) is 18.7 Å². The van der Waals surface area contributed by atoms with Gasteiger partial charge in [-0.25, -0.2) is 8.78 Å². The van der Waals surface area contributed by atoms with Gasteiger partial charge in [-0.15, -0.1) is 0 Å². The van der Waals surface area contributed by atoms with Crippen LogP contribution in [0.3, 0.4) is 0 Å². The van der Waals surface area contributed by atoms with Crippen LogP contribution in [0.4, 0.5) is 8.78 Å². The molecule has 0 aliphatic rings. The molecule has 1 atom stereocenters. The fourth-order valence-corrected chi connectivity index (χ4v) is 2.29. The van der Waals surface area contributed by atoms with Crippen molar-refractivity contribution in [2.75, 3.05) is 6.54 Å². The Morgan fingerprint density at radius 1 is 1.22 bits per heavy atom. The van der Waals surface area contributed by atoms with Crippen LogP contribution in [0.5, 0.6) is 0 Å². The smallest absolute Gasteiger partial charge is 0.159 e. The fourth-order valence-electron chi connectivity index (χ4n) is 1.59. The summed E-state index contributed by atoms with van der Waals surface area (Å²) in [6, 6.07) is 5.62. The lowest BCUT2D eigenvalue weighted by Crippen LogP contribution is -2.20. The molecule has 0 aliphatic heterocycles. The standard InChI is InChI=1S/C13H13F2NOS/c14-11-2-1-9(5-12(11)15)6-16-7-13(17)10-3-4-18-8-10/h1-5,8,13,16-17H,6-7H2. The first-order valence-corrected chi connectivity index (χ1v) is 6.46. The van der Waals surface area contributed by atoms with Crippen molar-refractivity contribution in [1.29, 1.82) is 0 Å². The highest BCUT2D eigenvalue weighted by Gasteiger charge is 2.07. The van der Waals surface area contributed by atoms with E-state index in [-0.39, 0.29) is 0 Å². The quantitative estimate of drug-likeness (QED) is 0.875. The molecular weight excluding hydrogens is 256 g/mol.